The molecule has 2 heteroatoms. The van der Waals surface area contributed by atoms with Crippen LogP contribution in [0, 0.1) is 0 Å². The Morgan fingerprint density at radius 1 is 1.18 bits per heavy atom. The Kier molecular flexibility index (Phi) is 3.55. The smallest absolute Gasteiger partial charge is 0.247 e. The van der Waals surface area contributed by atoms with Crippen LogP contribution in [-0.2, 0) is 4.79 Å². The van der Waals surface area contributed by atoms with Crippen molar-refractivity contribution in [3.8, 4) is 0 Å². The quantitative estimate of drug-likeness (QED) is 0.787. The lowest BCUT2D eigenvalue weighted by Crippen LogP contribution is -2.22. The molecular formula is C15H15NO. The van der Waals surface area contributed by atoms with Gasteiger partial charge in [-0.1, -0.05) is 49.1 Å². The van der Waals surface area contributed by atoms with Crippen molar-refractivity contribution in [2.45, 2.75) is 12.8 Å². The molecule has 1 aliphatic carbocycles. The molecule has 0 spiro atoms. The summed E-state index contributed by atoms with van der Waals surface area (Å²) >= 11 is 0. The molecule has 2 nitrogen and oxygen atoms in total. The van der Waals surface area contributed by atoms with Gasteiger partial charge in [0.15, 0.2) is 0 Å². The summed E-state index contributed by atoms with van der Waals surface area (Å²) in [5.74, 6) is -0.167. The zero-order chi connectivity index (χ0) is 12.1. The maximum absolute atomic E-state index is 11.4. The fraction of sp³-hybridized carbons (Fsp3) is 0.133. The molecule has 0 heterocycles. The number of carbonyl (C=O) groups is 1. The lowest BCUT2D eigenvalue weighted by Gasteiger charge is -2.16. The summed E-state index contributed by atoms with van der Waals surface area (Å²) in [6.45, 7) is 3.47. The molecule has 0 aromatic heterocycles. The third-order valence-corrected chi connectivity index (χ3v) is 2.68. The molecule has 1 aromatic carbocycles. The fourth-order valence-electron chi connectivity index (χ4n) is 1.87. The fourth-order valence-corrected chi connectivity index (χ4v) is 1.87. The number of amides is 1. The summed E-state index contributed by atoms with van der Waals surface area (Å²) in [7, 11) is 0. The topological polar surface area (TPSA) is 29.1 Å². The van der Waals surface area contributed by atoms with E-state index in [1.54, 1.807) is 0 Å². The van der Waals surface area contributed by atoms with Gasteiger partial charge >= 0.3 is 0 Å². The van der Waals surface area contributed by atoms with Gasteiger partial charge < -0.3 is 5.32 Å². The molecule has 1 aromatic rings. The summed E-state index contributed by atoms with van der Waals surface area (Å²) < 4.78 is 0. The number of allylic oxidation sites excluding steroid dienone is 3. The molecule has 0 unspecified atom stereocenters. The van der Waals surface area contributed by atoms with Crippen molar-refractivity contribution < 1.29 is 4.79 Å². The van der Waals surface area contributed by atoms with E-state index in [1.165, 1.54) is 6.08 Å². The van der Waals surface area contributed by atoms with Crippen molar-refractivity contribution >= 4 is 11.5 Å². The second-order valence-corrected chi connectivity index (χ2v) is 3.87. The highest BCUT2D eigenvalue weighted by Gasteiger charge is 2.12. The summed E-state index contributed by atoms with van der Waals surface area (Å²) in [6, 6.07) is 10.1. The van der Waals surface area contributed by atoms with E-state index in [4.69, 9.17) is 0 Å². The van der Waals surface area contributed by atoms with E-state index in [0.29, 0.717) is 0 Å². The van der Waals surface area contributed by atoms with Gasteiger partial charge in [-0.3, -0.25) is 4.79 Å². The third kappa shape index (κ3) is 2.72. The first-order valence-electron chi connectivity index (χ1n) is 5.71. The predicted octanol–water partition coefficient (Wildman–Crippen LogP) is 3.05. The van der Waals surface area contributed by atoms with Crippen LogP contribution in [-0.4, -0.2) is 5.91 Å². The highest BCUT2D eigenvalue weighted by atomic mass is 16.1. The first-order valence-corrected chi connectivity index (χ1v) is 5.71. The summed E-state index contributed by atoms with van der Waals surface area (Å²) in [5, 5.41) is 2.85. The van der Waals surface area contributed by atoms with E-state index in [0.717, 1.165) is 29.7 Å². The normalized spacial score (nSPS) is 14.6. The van der Waals surface area contributed by atoms with E-state index in [1.807, 2.05) is 30.3 Å². The van der Waals surface area contributed by atoms with Gasteiger partial charge in [-0.15, -0.1) is 0 Å². The molecule has 2 rings (SSSR count). The van der Waals surface area contributed by atoms with Gasteiger partial charge in [-0.25, -0.2) is 0 Å². The molecule has 0 aliphatic heterocycles. The lowest BCUT2D eigenvalue weighted by molar-refractivity contribution is -0.115. The third-order valence-electron chi connectivity index (χ3n) is 2.68. The number of hydrogen-bond donors (Lipinski definition) is 1. The van der Waals surface area contributed by atoms with Crippen LogP contribution in [0.15, 0.2) is 60.8 Å². The zero-order valence-electron chi connectivity index (χ0n) is 9.65. The van der Waals surface area contributed by atoms with Crippen LogP contribution >= 0.6 is 0 Å². The summed E-state index contributed by atoms with van der Waals surface area (Å²) in [5.41, 5.74) is 3.10. The minimum atomic E-state index is -0.167. The van der Waals surface area contributed by atoms with E-state index < -0.39 is 0 Å². The standard InChI is InChI=1S/C15H15NO/c1-2-15(17)16-14-11-7-6-10-13(14)12-8-4-3-5-9-12/h2-5,8-11H,1,6-7H2,(H,16,17). The van der Waals surface area contributed by atoms with Gasteiger partial charge in [-0.2, -0.15) is 0 Å². The number of nitrogens with one attached hydrogen (secondary N) is 1. The summed E-state index contributed by atoms with van der Waals surface area (Å²) in [4.78, 5) is 11.4. The first kappa shape index (κ1) is 11.4. The van der Waals surface area contributed by atoms with E-state index >= 15 is 0 Å². The molecule has 0 saturated carbocycles. The zero-order valence-corrected chi connectivity index (χ0v) is 9.65. The van der Waals surface area contributed by atoms with Crippen LogP contribution in [0.4, 0.5) is 0 Å². The van der Waals surface area contributed by atoms with Crippen LogP contribution in [0.5, 0.6) is 0 Å². The Morgan fingerprint density at radius 2 is 1.88 bits per heavy atom. The minimum Gasteiger partial charge on any atom is -0.322 e. The van der Waals surface area contributed by atoms with Crippen molar-refractivity contribution in [1.29, 1.82) is 0 Å². The van der Waals surface area contributed by atoms with Gasteiger partial charge in [0, 0.05) is 11.3 Å². The van der Waals surface area contributed by atoms with Crippen molar-refractivity contribution in [3.05, 3.63) is 66.4 Å². The number of carbonyl (C=O) groups excluding carboxylic acids is 1. The van der Waals surface area contributed by atoms with Gasteiger partial charge in [0.25, 0.3) is 0 Å². The molecule has 0 fully saturated rings. The van der Waals surface area contributed by atoms with Gasteiger partial charge in [0.05, 0.1) is 0 Å². The average Bonchev–Trinajstić information content (AvgIpc) is 2.40. The van der Waals surface area contributed by atoms with Crippen LogP contribution in [0.25, 0.3) is 5.57 Å². The maximum atomic E-state index is 11.4. The predicted molar refractivity (Wildman–Crippen MR) is 70.1 cm³/mol. The maximum Gasteiger partial charge on any atom is 0.247 e. The Hall–Kier alpha value is -2.09. The molecule has 0 saturated heterocycles. The van der Waals surface area contributed by atoms with E-state index in [9.17, 15) is 4.79 Å². The Balaban J connectivity index is 2.26. The van der Waals surface area contributed by atoms with Gasteiger partial charge in [-0.05, 0) is 24.5 Å². The number of benzene rings is 1. The Morgan fingerprint density at radius 3 is 2.59 bits per heavy atom. The van der Waals surface area contributed by atoms with Crippen molar-refractivity contribution in [3.63, 3.8) is 0 Å². The SMILES string of the molecule is C=CC(=O)NC1=CCCC=C1c1ccccc1. The molecular weight excluding hydrogens is 210 g/mol. The monoisotopic (exact) mass is 225 g/mol. The van der Waals surface area contributed by atoms with Crippen LogP contribution < -0.4 is 5.32 Å². The molecule has 1 aliphatic rings. The first-order chi connectivity index (χ1) is 8.31. The second-order valence-electron chi connectivity index (χ2n) is 3.87. The number of hydrogen-bond acceptors (Lipinski definition) is 1. The van der Waals surface area contributed by atoms with Crippen LogP contribution in [0.2, 0.25) is 0 Å². The Labute approximate surface area is 101 Å². The Bertz CT molecular complexity index is 483. The van der Waals surface area contributed by atoms with Crippen molar-refractivity contribution in [1.82, 2.24) is 5.32 Å². The lowest BCUT2D eigenvalue weighted by atomic mass is 9.96. The minimum absolute atomic E-state index is 0.167. The molecule has 0 radical (unpaired) electrons. The van der Waals surface area contributed by atoms with E-state index in [-0.39, 0.29) is 5.91 Å². The summed E-state index contributed by atoms with van der Waals surface area (Å²) in [6.07, 6.45) is 7.48. The van der Waals surface area contributed by atoms with Crippen LogP contribution in [0.3, 0.4) is 0 Å². The molecule has 1 N–H and O–H groups in total. The largest absolute Gasteiger partial charge is 0.322 e. The number of rotatable bonds is 3. The average molecular weight is 225 g/mol. The van der Waals surface area contributed by atoms with Gasteiger partial charge in [0.2, 0.25) is 5.91 Å². The highest BCUT2D eigenvalue weighted by molar-refractivity contribution is 5.93. The molecule has 1 amide bonds. The second kappa shape index (κ2) is 5.30. The van der Waals surface area contributed by atoms with E-state index in [2.05, 4.69) is 24.0 Å². The molecule has 86 valence electrons. The van der Waals surface area contributed by atoms with Crippen LogP contribution in [0.1, 0.15) is 18.4 Å². The highest BCUT2D eigenvalue weighted by Crippen LogP contribution is 2.26. The molecule has 0 atom stereocenters. The van der Waals surface area contributed by atoms with Gasteiger partial charge in [0.1, 0.15) is 0 Å². The molecule has 17 heavy (non-hydrogen) atoms. The van der Waals surface area contributed by atoms with Crippen molar-refractivity contribution in [2.75, 3.05) is 0 Å². The molecule has 0 bridgehead atoms. The van der Waals surface area contributed by atoms with Crippen molar-refractivity contribution in [2.24, 2.45) is 0 Å².